The molecule has 1 heterocycles. The molecule has 2 N–H and O–H groups in total. The second-order valence-corrected chi connectivity index (χ2v) is 3.27. The van der Waals surface area contributed by atoms with E-state index in [4.69, 9.17) is 9.52 Å². The van der Waals surface area contributed by atoms with E-state index in [9.17, 15) is 4.79 Å². The number of aromatic carboxylic acids is 1. The zero-order valence-electron chi connectivity index (χ0n) is 8.83. The van der Waals surface area contributed by atoms with Crippen molar-refractivity contribution in [2.45, 2.75) is 0 Å². The Hall–Kier alpha value is -2.56. The number of carboxylic acids is 1. The lowest BCUT2D eigenvalue weighted by Crippen LogP contribution is -1.96. The fraction of sp³-hybridized carbons (Fsp3) is 0. The molecular weight excluding hydrogens is 220 g/mol. The highest BCUT2D eigenvalue weighted by atomic mass is 16.4. The molecule has 0 atom stereocenters. The smallest absolute Gasteiger partial charge is 0.335 e. The fourth-order valence-electron chi connectivity index (χ4n) is 1.22. The van der Waals surface area contributed by atoms with E-state index < -0.39 is 5.97 Å². The van der Waals surface area contributed by atoms with Gasteiger partial charge in [-0.05, 0) is 36.4 Å². The summed E-state index contributed by atoms with van der Waals surface area (Å²) >= 11 is 0. The minimum absolute atomic E-state index is 0.241. The van der Waals surface area contributed by atoms with Crippen LogP contribution in [0, 0.1) is 0 Å². The van der Waals surface area contributed by atoms with Crippen molar-refractivity contribution >= 4 is 17.9 Å². The Labute approximate surface area is 97.4 Å². The largest absolute Gasteiger partial charge is 0.478 e. The monoisotopic (exact) mass is 230 g/mol. The van der Waals surface area contributed by atoms with Crippen molar-refractivity contribution in [1.82, 2.24) is 0 Å². The number of hydrogen-bond donors (Lipinski definition) is 2. The number of anilines is 1. The van der Waals surface area contributed by atoms with Crippen LogP contribution in [0.2, 0.25) is 0 Å². The van der Waals surface area contributed by atoms with Crippen LogP contribution in [0.25, 0.3) is 0 Å². The first-order chi connectivity index (χ1) is 8.25. The lowest BCUT2D eigenvalue weighted by molar-refractivity contribution is 0.0697. The van der Waals surface area contributed by atoms with Gasteiger partial charge in [-0.1, -0.05) is 0 Å². The van der Waals surface area contributed by atoms with Gasteiger partial charge in [-0.25, -0.2) is 4.79 Å². The van der Waals surface area contributed by atoms with Crippen LogP contribution in [0.3, 0.4) is 0 Å². The molecule has 0 unspecified atom stereocenters. The number of nitrogens with one attached hydrogen (secondary N) is 1. The molecule has 1 aromatic heterocycles. The molecule has 86 valence electrons. The summed E-state index contributed by atoms with van der Waals surface area (Å²) in [7, 11) is 0. The molecule has 0 saturated carbocycles. The second-order valence-electron chi connectivity index (χ2n) is 3.27. The summed E-state index contributed by atoms with van der Waals surface area (Å²) in [6.45, 7) is 0. The molecule has 0 amide bonds. The molecule has 0 aliphatic heterocycles. The van der Waals surface area contributed by atoms with Crippen molar-refractivity contribution in [1.29, 1.82) is 0 Å². The molecule has 0 bridgehead atoms. The molecular formula is C12H10N2O3. The second kappa shape index (κ2) is 4.98. The highest BCUT2D eigenvalue weighted by molar-refractivity contribution is 5.88. The highest BCUT2D eigenvalue weighted by Crippen LogP contribution is 2.09. The summed E-state index contributed by atoms with van der Waals surface area (Å²) < 4.78 is 5.05. The average molecular weight is 230 g/mol. The Morgan fingerprint density at radius 2 is 2.06 bits per heavy atom. The lowest BCUT2D eigenvalue weighted by atomic mass is 10.2. The number of rotatable bonds is 4. The number of hydrogen-bond acceptors (Lipinski definition) is 4. The van der Waals surface area contributed by atoms with Crippen molar-refractivity contribution in [3.63, 3.8) is 0 Å². The van der Waals surface area contributed by atoms with E-state index in [0.717, 1.165) is 0 Å². The standard InChI is InChI=1S/C12H10N2O3/c15-12(16)9-3-5-10(6-4-9)14-13-8-11-2-1-7-17-11/h1-8,14H,(H,15,16)/b13-8+. The van der Waals surface area contributed by atoms with Crippen molar-refractivity contribution in [3.8, 4) is 0 Å². The quantitative estimate of drug-likeness (QED) is 0.624. The summed E-state index contributed by atoms with van der Waals surface area (Å²) in [6, 6.07) is 9.84. The zero-order chi connectivity index (χ0) is 12.1. The van der Waals surface area contributed by atoms with E-state index in [1.807, 2.05) is 0 Å². The van der Waals surface area contributed by atoms with Crippen LogP contribution >= 0.6 is 0 Å². The maximum Gasteiger partial charge on any atom is 0.335 e. The predicted octanol–water partition coefficient (Wildman–Crippen LogP) is 2.42. The van der Waals surface area contributed by atoms with Crippen molar-refractivity contribution in [2.24, 2.45) is 5.10 Å². The normalized spacial score (nSPS) is 10.6. The topological polar surface area (TPSA) is 74.8 Å². The van der Waals surface area contributed by atoms with E-state index in [2.05, 4.69) is 10.5 Å². The molecule has 0 saturated heterocycles. The maximum atomic E-state index is 10.6. The van der Waals surface area contributed by atoms with E-state index in [1.54, 1.807) is 30.5 Å². The average Bonchev–Trinajstić information content (AvgIpc) is 2.83. The van der Waals surface area contributed by atoms with Gasteiger partial charge in [-0.3, -0.25) is 5.43 Å². The first kappa shape index (κ1) is 10.9. The molecule has 0 aliphatic rings. The minimum Gasteiger partial charge on any atom is -0.478 e. The SMILES string of the molecule is O=C(O)c1ccc(N/N=C/c2ccco2)cc1. The van der Waals surface area contributed by atoms with Gasteiger partial charge in [0.25, 0.3) is 0 Å². The molecule has 2 aromatic rings. The summed E-state index contributed by atoms with van der Waals surface area (Å²) in [5.74, 6) is -0.310. The van der Waals surface area contributed by atoms with Gasteiger partial charge in [-0.15, -0.1) is 0 Å². The highest BCUT2D eigenvalue weighted by Gasteiger charge is 2.00. The summed E-state index contributed by atoms with van der Waals surface area (Å²) in [4.78, 5) is 10.6. The van der Waals surface area contributed by atoms with Crippen LogP contribution in [0.1, 0.15) is 16.1 Å². The minimum atomic E-state index is -0.948. The van der Waals surface area contributed by atoms with Gasteiger partial charge in [0, 0.05) is 0 Å². The van der Waals surface area contributed by atoms with Crippen molar-refractivity contribution in [3.05, 3.63) is 54.0 Å². The van der Waals surface area contributed by atoms with Crippen LogP contribution in [0.15, 0.2) is 52.2 Å². The summed E-state index contributed by atoms with van der Waals surface area (Å²) in [5.41, 5.74) is 3.71. The van der Waals surface area contributed by atoms with E-state index in [1.165, 1.54) is 18.3 Å². The third kappa shape index (κ3) is 2.94. The molecule has 17 heavy (non-hydrogen) atoms. The fourth-order valence-corrected chi connectivity index (χ4v) is 1.22. The number of carboxylic acid groups (broad SMARTS) is 1. The summed E-state index contributed by atoms with van der Waals surface area (Å²) in [5, 5.41) is 12.7. The van der Waals surface area contributed by atoms with Crippen LogP contribution in [-0.2, 0) is 0 Å². The Bertz CT molecular complexity index is 515. The van der Waals surface area contributed by atoms with Gasteiger partial charge >= 0.3 is 5.97 Å². The van der Waals surface area contributed by atoms with Crippen molar-refractivity contribution in [2.75, 3.05) is 5.43 Å². The number of furan rings is 1. The van der Waals surface area contributed by atoms with Crippen LogP contribution in [-0.4, -0.2) is 17.3 Å². The summed E-state index contributed by atoms with van der Waals surface area (Å²) in [6.07, 6.45) is 3.09. The van der Waals surface area contributed by atoms with Gasteiger partial charge < -0.3 is 9.52 Å². The zero-order valence-corrected chi connectivity index (χ0v) is 8.83. The Kier molecular flexibility index (Phi) is 3.20. The van der Waals surface area contributed by atoms with Gasteiger partial charge in [0.15, 0.2) is 0 Å². The number of hydrazone groups is 1. The molecule has 1 aromatic carbocycles. The molecule has 5 heteroatoms. The Balaban J connectivity index is 1.97. The van der Waals surface area contributed by atoms with Gasteiger partial charge in [0.1, 0.15) is 5.76 Å². The first-order valence-corrected chi connectivity index (χ1v) is 4.91. The molecule has 0 radical (unpaired) electrons. The molecule has 5 nitrogen and oxygen atoms in total. The van der Waals surface area contributed by atoms with Crippen LogP contribution < -0.4 is 5.43 Å². The molecule has 0 fully saturated rings. The first-order valence-electron chi connectivity index (χ1n) is 4.91. The van der Waals surface area contributed by atoms with E-state index >= 15 is 0 Å². The van der Waals surface area contributed by atoms with Crippen LogP contribution in [0.5, 0.6) is 0 Å². The van der Waals surface area contributed by atoms with Gasteiger partial charge in [0.05, 0.1) is 23.7 Å². The van der Waals surface area contributed by atoms with Crippen LogP contribution in [0.4, 0.5) is 5.69 Å². The Morgan fingerprint density at radius 1 is 1.29 bits per heavy atom. The number of nitrogens with zero attached hydrogens (tertiary/aromatic N) is 1. The lowest BCUT2D eigenvalue weighted by Gasteiger charge is -1.99. The third-order valence-corrected chi connectivity index (χ3v) is 2.06. The predicted molar refractivity (Wildman–Crippen MR) is 63.3 cm³/mol. The van der Waals surface area contributed by atoms with Gasteiger partial charge in [-0.2, -0.15) is 5.10 Å². The Morgan fingerprint density at radius 3 is 2.65 bits per heavy atom. The third-order valence-electron chi connectivity index (χ3n) is 2.06. The maximum absolute atomic E-state index is 10.6. The number of carbonyl (C=O) groups is 1. The van der Waals surface area contributed by atoms with E-state index in [-0.39, 0.29) is 5.56 Å². The van der Waals surface area contributed by atoms with Crippen molar-refractivity contribution < 1.29 is 14.3 Å². The van der Waals surface area contributed by atoms with Gasteiger partial charge in [0.2, 0.25) is 0 Å². The molecule has 2 rings (SSSR count). The molecule has 0 spiro atoms. The number of benzene rings is 1. The molecule has 0 aliphatic carbocycles. The van der Waals surface area contributed by atoms with E-state index in [0.29, 0.717) is 11.4 Å².